The second kappa shape index (κ2) is 9.36. The Hall–Kier alpha value is -3.15. The summed E-state index contributed by atoms with van der Waals surface area (Å²) in [6.45, 7) is 2.06. The smallest absolute Gasteiger partial charge is 0.340 e. The van der Waals surface area contributed by atoms with Crippen molar-refractivity contribution in [2.24, 2.45) is 0 Å². The Labute approximate surface area is 153 Å². The molecule has 0 aliphatic carbocycles. The molecule has 0 atom stereocenters. The zero-order valence-electron chi connectivity index (χ0n) is 15.4. The first-order valence-electron chi connectivity index (χ1n) is 8.12. The maximum absolute atomic E-state index is 12.4. The highest BCUT2D eigenvalue weighted by Crippen LogP contribution is 2.27. The van der Waals surface area contributed by atoms with Gasteiger partial charge in [-0.25, -0.2) is 4.79 Å². The van der Waals surface area contributed by atoms with Gasteiger partial charge in [0.15, 0.2) is 0 Å². The van der Waals surface area contributed by atoms with Crippen LogP contribution in [0.3, 0.4) is 0 Å². The lowest BCUT2D eigenvalue weighted by Gasteiger charge is -2.11. The molecule has 6 heteroatoms. The van der Waals surface area contributed by atoms with Gasteiger partial charge < -0.3 is 24.3 Å². The Kier molecular flexibility index (Phi) is 6.91. The molecular formula is C20H23NO5. The summed E-state index contributed by atoms with van der Waals surface area (Å²) in [4.78, 5) is 12.4. The molecule has 0 aliphatic heterocycles. The molecule has 138 valence electrons. The van der Waals surface area contributed by atoms with E-state index in [1.165, 1.54) is 0 Å². The van der Waals surface area contributed by atoms with Crippen LogP contribution in [0.5, 0.6) is 17.2 Å². The molecule has 26 heavy (non-hydrogen) atoms. The number of esters is 1. The van der Waals surface area contributed by atoms with Crippen molar-refractivity contribution in [3.8, 4) is 17.2 Å². The first kappa shape index (κ1) is 19.2. The van der Waals surface area contributed by atoms with Crippen LogP contribution in [0.15, 0.2) is 48.7 Å². The molecule has 2 rings (SSSR count). The predicted molar refractivity (Wildman–Crippen MR) is 101 cm³/mol. The van der Waals surface area contributed by atoms with Crippen LogP contribution in [0.2, 0.25) is 0 Å². The number of ether oxygens (including phenoxy) is 4. The fourth-order valence-corrected chi connectivity index (χ4v) is 2.29. The Morgan fingerprint density at radius 2 is 1.50 bits per heavy atom. The number of hydrogen-bond acceptors (Lipinski definition) is 6. The summed E-state index contributed by atoms with van der Waals surface area (Å²) in [5, 5.41) is 3.11. The van der Waals surface area contributed by atoms with Crippen molar-refractivity contribution >= 4 is 17.2 Å². The molecule has 0 saturated heterocycles. The summed E-state index contributed by atoms with van der Waals surface area (Å²) < 4.78 is 20.8. The van der Waals surface area contributed by atoms with Gasteiger partial charge in [0.05, 0.1) is 33.5 Å². The van der Waals surface area contributed by atoms with E-state index in [1.54, 1.807) is 76.9 Å². The normalized spacial score (nSPS) is 10.8. The molecule has 0 radical (unpaired) electrons. The van der Waals surface area contributed by atoms with Gasteiger partial charge in [-0.05, 0) is 24.6 Å². The van der Waals surface area contributed by atoms with E-state index >= 15 is 0 Å². The fraction of sp³-hybridized carbons (Fsp3) is 0.250. The van der Waals surface area contributed by atoms with Crippen LogP contribution in [0.1, 0.15) is 12.5 Å². The molecule has 0 fully saturated rings. The Bertz CT molecular complexity index is 746. The highest BCUT2D eigenvalue weighted by atomic mass is 16.5. The summed E-state index contributed by atoms with van der Waals surface area (Å²) in [7, 11) is 4.75. The van der Waals surface area contributed by atoms with Crippen molar-refractivity contribution < 1.29 is 23.7 Å². The molecule has 6 nitrogen and oxygen atoms in total. The van der Waals surface area contributed by atoms with Crippen LogP contribution in [-0.4, -0.2) is 33.9 Å². The number of benzene rings is 2. The minimum atomic E-state index is -0.417. The molecule has 0 aliphatic rings. The third-order valence-corrected chi connectivity index (χ3v) is 3.63. The lowest BCUT2D eigenvalue weighted by atomic mass is 10.1. The molecule has 2 aromatic carbocycles. The van der Waals surface area contributed by atoms with Crippen LogP contribution in [0.4, 0.5) is 5.69 Å². The van der Waals surface area contributed by atoms with E-state index in [0.29, 0.717) is 35.0 Å². The van der Waals surface area contributed by atoms with E-state index in [9.17, 15) is 4.79 Å². The minimum absolute atomic E-state index is 0.291. The van der Waals surface area contributed by atoms with E-state index < -0.39 is 5.97 Å². The summed E-state index contributed by atoms with van der Waals surface area (Å²) >= 11 is 0. The van der Waals surface area contributed by atoms with Crippen LogP contribution in [0, 0.1) is 0 Å². The summed E-state index contributed by atoms with van der Waals surface area (Å²) in [5.74, 6) is 1.58. The van der Waals surface area contributed by atoms with Crippen molar-refractivity contribution in [3.05, 3.63) is 54.2 Å². The number of carbonyl (C=O) groups excluding carboxylic acids is 1. The summed E-state index contributed by atoms with van der Waals surface area (Å²) in [6.07, 6.45) is 1.61. The third kappa shape index (κ3) is 4.92. The van der Waals surface area contributed by atoms with Crippen LogP contribution >= 0.6 is 0 Å². The average Bonchev–Trinajstić information content (AvgIpc) is 2.68. The molecule has 0 unspecified atom stereocenters. The van der Waals surface area contributed by atoms with Gasteiger partial charge in [-0.2, -0.15) is 0 Å². The molecule has 0 spiro atoms. The highest BCUT2D eigenvalue weighted by molar-refractivity contribution is 6.16. The van der Waals surface area contributed by atoms with Crippen molar-refractivity contribution in [2.45, 2.75) is 6.92 Å². The standard InChI is InChI=1S/C20H23NO5/c1-5-26-20(22)19(14-6-8-16(23-2)9-7-14)13-21-15-10-17(24-3)12-18(11-15)25-4/h6-13,21H,5H2,1-4H3/b19-13-. The lowest BCUT2D eigenvalue weighted by molar-refractivity contribution is -0.136. The number of hydrogen-bond donors (Lipinski definition) is 1. The largest absolute Gasteiger partial charge is 0.497 e. The second-order valence-electron chi connectivity index (χ2n) is 5.25. The lowest BCUT2D eigenvalue weighted by Crippen LogP contribution is -2.08. The minimum Gasteiger partial charge on any atom is -0.497 e. The van der Waals surface area contributed by atoms with Crippen molar-refractivity contribution in [3.63, 3.8) is 0 Å². The van der Waals surface area contributed by atoms with Gasteiger partial charge in [-0.1, -0.05) is 12.1 Å². The molecule has 0 bridgehead atoms. The average molecular weight is 357 g/mol. The maximum Gasteiger partial charge on any atom is 0.340 e. The van der Waals surface area contributed by atoms with E-state index in [0.717, 1.165) is 5.69 Å². The van der Waals surface area contributed by atoms with Gasteiger partial charge in [0, 0.05) is 30.1 Å². The third-order valence-electron chi connectivity index (χ3n) is 3.63. The number of nitrogens with one attached hydrogen (secondary N) is 1. The van der Waals surface area contributed by atoms with Crippen molar-refractivity contribution in [2.75, 3.05) is 33.3 Å². The SMILES string of the molecule is CCOC(=O)/C(=C\Nc1cc(OC)cc(OC)c1)c1ccc(OC)cc1. The first-order valence-corrected chi connectivity index (χ1v) is 8.12. The zero-order chi connectivity index (χ0) is 18.9. The van der Waals surface area contributed by atoms with Gasteiger partial charge in [0.25, 0.3) is 0 Å². The van der Waals surface area contributed by atoms with E-state index in [-0.39, 0.29) is 0 Å². The summed E-state index contributed by atoms with van der Waals surface area (Å²) in [6, 6.07) is 12.6. The Morgan fingerprint density at radius 1 is 0.923 bits per heavy atom. The fourth-order valence-electron chi connectivity index (χ4n) is 2.29. The van der Waals surface area contributed by atoms with Gasteiger partial charge >= 0.3 is 5.97 Å². The Morgan fingerprint density at radius 3 is 2.00 bits per heavy atom. The van der Waals surface area contributed by atoms with Crippen molar-refractivity contribution in [1.82, 2.24) is 0 Å². The number of methoxy groups -OCH3 is 3. The van der Waals surface area contributed by atoms with Gasteiger partial charge in [0.1, 0.15) is 17.2 Å². The zero-order valence-corrected chi connectivity index (χ0v) is 15.4. The molecule has 2 aromatic rings. The van der Waals surface area contributed by atoms with Crippen LogP contribution in [0.25, 0.3) is 5.57 Å². The van der Waals surface area contributed by atoms with E-state index in [4.69, 9.17) is 18.9 Å². The van der Waals surface area contributed by atoms with Crippen LogP contribution in [-0.2, 0) is 9.53 Å². The van der Waals surface area contributed by atoms with Crippen LogP contribution < -0.4 is 19.5 Å². The van der Waals surface area contributed by atoms with Gasteiger partial charge in [-0.3, -0.25) is 0 Å². The molecule has 0 amide bonds. The van der Waals surface area contributed by atoms with Crippen molar-refractivity contribution in [1.29, 1.82) is 0 Å². The summed E-state index contributed by atoms with van der Waals surface area (Å²) in [5.41, 5.74) is 1.83. The van der Waals surface area contributed by atoms with Gasteiger partial charge in [-0.15, -0.1) is 0 Å². The number of anilines is 1. The molecule has 0 heterocycles. The topological polar surface area (TPSA) is 66.0 Å². The van der Waals surface area contributed by atoms with E-state index in [1.807, 2.05) is 0 Å². The predicted octanol–water partition coefficient (Wildman–Crippen LogP) is 3.73. The quantitative estimate of drug-likeness (QED) is 0.574. The highest BCUT2D eigenvalue weighted by Gasteiger charge is 2.13. The monoisotopic (exact) mass is 357 g/mol. The number of rotatable bonds is 8. The molecule has 1 N–H and O–H groups in total. The Balaban J connectivity index is 2.34. The maximum atomic E-state index is 12.4. The molecule has 0 aromatic heterocycles. The van der Waals surface area contributed by atoms with E-state index in [2.05, 4.69) is 5.32 Å². The molecule has 0 saturated carbocycles. The second-order valence-corrected chi connectivity index (χ2v) is 5.25. The first-order chi connectivity index (χ1) is 12.6. The van der Waals surface area contributed by atoms with Gasteiger partial charge in [0.2, 0.25) is 0 Å². The number of carbonyl (C=O) groups is 1. The molecular weight excluding hydrogens is 334 g/mol.